The zero-order chi connectivity index (χ0) is 17.5. The number of amides is 1. The van der Waals surface area contributed by atoms with E-state index in [-0.39, 0.29) is 5.91 Å². The fourth-order valence-corrected chi connectivity index (χ4v) is 2.41. The van der Waals surface area contributed by atoms with Crippen LogP contribution in [0.1, 0.15) is 12.8 Å². The molecule has 1 N–H and O–H groups in total. The number of hydrogen-bond acceptors (Lipinski definition) is 4. The minimum Gasteiger partial charge on any atom is -0.456 e. The van der Waals surface area contributed by atoms with Crippen molar-refractivity contribution in [3.05, 3.63) is 66.2 Å². The Kier molecular flexibility index (Phi) is 5.64. The molecule has 0 aliphatic heterocycles. The molecule has 2 aromatic carbocycles. The fraction of sp³-hybridized carbons (Fsp3) is 0.167. The number of rotatable bonds is 7. The molecule has 0 bridgehead atoms. The molecule has 1 amide bonds. The summed E-state index contributed by atoms with van der Waals surface area (Å²) >= 11 is 6.07. The molecular formula is C18H17ClN4O2. The molecule has 6 nitrogen and oxygen atoms in total. The van der Waals surface area contributed by atoms with Crippen molar-refractivity contribution in [3.63, 3.8) is 0 Å². The Morgan fingerprint density at radius 2 is 1.96 bits per heavy atom. The third kappa shape index (κ3) is 5.06. The number of aromatic nitrogens is 3. The number of para-hydroxylation sites is 1. The predicted octanol–water partition coefficient (Wildman–Crippen LogP) is 4.14. The van der Waals surface area contributed by atoms with Gasteiger partial charge in [-0.05, 0) is 42.8 Å². The van der Waals surface area contributed by atoms with Gasteiger partial charge in [0, 0.05) is 18.7 Å². The molecule has 0 spiro atoms. The highest BCUT2D eigenvalue weighted by Gasteiger charge is 2.05. The van der Waals surface area contributed by atoms with Gasteiger partial charge in [0.1, 0.15) is 24.2 Å². The van der Waals surface area contributed by atoms with Crippen LogP contribution in [0.4, 0.5) is 5.69 Å². The normalized spacial score (nSPS) is 10.4. The third-order valence-electron chi connectivity index (χ3n) is 3.46. The highest BCUT2D eigenvalue weighted by Crippen LogP contribution is 2.29. The molecule has 128 valence electrons. The van der Waals surface area contributed by atoms with Crippen molar-refractivity contribution >= 4 is 23.2 Å². The second kappa shape index (κ2) is 8.30. The maximum absolute atomic E-state index is 12.0. The molecule has 1 heterocycles. The lowest BCUT2D eigenvalue weighted by atomic mass is 10.2. The minimum absolute atomic E-state index is 0.0418. The Labute approximate surface area is 150 Å². The Balaban J connectivity index is 1.48. The van der Waals surface area contributed by atoms with Crippen LogP contribution < -0.4 is 10.1 Å². The molecule has 0 aliphatic rings. The molecule has 0 unspecified atom stereocenters. The van der Waals surface area contributed by atoms with Crippen LogP contribution in [-0.2, 0) is 11.3 Å². The van der Waals surface area contributed by atoms with Gasteiger partial charge in [0.2, 0.25) is 5.91 Å². The van der Waals surface area contributed by atoms with E-state index < -0.39 is 0 Å². The number of carbonyl (C=O) groups excluding carboxylic acids is 1. The summed E-state index contributed by atoms with van der Waals surface area (Å²) in [4.78, 5) is 15.8. The topological polar surface area (TPSA) is 69.0 Å². The quantitative estimate of drug-likeness (QED) is 0.690. The van der Waals surface area contributed by atoms with E-state index >= 15 is 0 Å². The molecule has 0 radical (unpaired) electrons. The average molecular weight is 357 g/mol. The molecule has 0 saturated carbocycles. The monoisotopic (exact) mass is 356 g/mol. The van der Waals surface area contributed by atoms with Crippen molar-refractivity contribution in [2.75, 3.05) is 5.32 Å². The number of nitrogens with zero attached hydrogens (tertiary/aromatic N) is 3. The first-order valence-corrected chi connectivity index (χ1v) is 8.23. The summed E-state index contributed by atoms with van der Waals surface area (Å²) in [6.45, 7) is 0.665. The Bertz CT molecular complexity index is 819. The molecule has 0 saturated heterocycles. The molecule has 0 fully saturated rings. The molecule has 0 atom stereocenters. The van der Waals surface area contributed by atoms with Gasteiger partial charge in [-0.3, -0.25) is 9.48 Å². The maximum Gasteiger partial charge on any atom is 0.224 e. The number of carbonyl (C=O) groups is 1. The van der Waals surface area contributed by atoms with Gasteiger partial charge in [0.25, 0.3) is 0 Å². The van der Waals surface area contributed by atoms with Crippen LogP contribution in [0.5, 0.6) is 11.5 Å². The number of anilines is 1. The van der Waals surface area contributed by atoms with Crippen molar-refractivity contribution in [2.45, 2.75) is 19.4 Å². The van der Waals surface area contributed by atoms with Gasteiger partial charge in [-0.1, -0.05) is 23.7 Å². The van der Waals surface area contributed by atoms with E-state index in [0.29, 0.717) is 35.9 Å². The summed E-state index contributed by atoms with van der Waals surface area (Å²) in [5.41, 5.74) is 0.720. The van der Waals surface area contributed by atoms with Crippen molar-refractivity contribution in [2.24, 2.45) is 0 Å². The molecule has 3 aromatic rings. The van der Waals surface area contributed by atoms with Gasteiger partial charge < -0.3 is 10.1 Å². The van der Waals surface area contributed by atoms with Crippen molar-refractivity contribution in [1.29, 1.82) is 0 Å². The largest absolute Gasteiger partial charge is 0.456 e. The Hall–Kier alpha value is -2.86. The van der Waals surface area contributed by atoms with E-state index in [1.165, 1.54) is 6.33 Å². The molecule has 1 aromatic heterocycles. The third-order valence-corrected chi connectivity index (χ3v) is 3.77. The fourth-order valence-electron chi connectivity index (χ4n) is 2.23. The summed E-state index contributed by atoms with van der Waals surface area (Å²) < 4.78 is 7.42. The Morgan fingerprint density at radius 1 is 1.16 bits per heavy atom. The van der Waals surface area contributed by atoms with Gasteiger partial charge in [-0.2, -0.15) is 5.10 Å². The van der Waals surface area contributed by atoms with E-state index in [4.69, 9.17) is 16.3 Å². The molecule has 0 aliphatic carbocycles. The minimum atomic E-state index is -0.0418. The zero-order valence-electron chi connectivity index (χ0n) is 13.4. The van der Waals surface area contributed by atoms with Gasteiger partial charge >= 0.3 is 0 Å². The Morgan fingerprint density at radius 3 is 2.68 bits per heavy atom. The summed E-state index contributed by atoms with van der Waals surface area (Å²) in [5, 5.41) is 7.40. The summed E-state index contributed by atoms with van der Waals surface area (Å²) in [6, 6.07) is 14.4. The summed E-state index contributed by atoms with van der Waals surface area (Å²) in [6.07, 6.45) is 4.22. The van der Waals surface area contributed by atoms with Crippen LogP contribution in [0.15, 0.2) is 61.2 Å². The van der Waals surface area contributed by atoms with Gasteiger partial charge in [0.15, 0.2) is 0 Å². The van der Waals surface area contributed by atoms with E-state index in [2.05, 4.69) is 15.4 Å². The zero-order valence-corrected chi connectivity index (χ0v) is 14.2. The van der Waals surface area contributed by atoms with Crippen LogP contribution in [-0.4, -0.2) is 20.7 Å². The number of hydrogen-bond donors (Lipinski definition) is 1. The van der Waals surface area contributed by atoms with Gasteiger partial charge in [-0.25, -0.2) is 4.98 Å². The highest BCUT2D eigenvalue weighted by molar-refractivity contribution is 6.32. The number of aryl methyl sites for hydroxylation is 1. The van der Waals surface area contributed by atoms with E-state index in [1.54, 1.807) is 47.4 Å². The average Bonchev–Trinajstić information content (AvgIpc) is 3.12. The van der Waals surface area contributed by atoms with Gasteiger partial charge in [-0.15, -0.1) is 0 Å². The van der Waals surface area contributed by atoms with E-state index in [1.807, 2.05) is 12.1 Å². The first-order valence-electron chi connectivity index (χ1n) is 7.85. The van der Waals surface area contributed by atoms with Crippen molar-refractivity contribution in [3.8, 4) is 11.5 Å². The number of nitrogens with one attached hydrogen (secondary N) is 1. The lowest BCUT2D eigenvalue weighted by Crippen LogP contribution is -2.12. The second-order valence-electron chi connectivity index (χ2n) is 5.37. The van der Waals surface area contributed by atoms with E-state index in [0.717, 1.165) is 5.69 Å². The maximum atomic E-state index is 12.0. The first kappa shape index (κ1) is 17.0. The van der Waals surface area contributed by atoms with Crippen LogP contribution in [0.25, 0.3) is 0 Å². The molecule has 3 rings (SSSR count). The van der Waals surface area contributed by atoms with E-state index in [9.17, 15) is 4.79 Å². The number of ether oxygens (including phenoxy) is 1. The highest BCUT2D eigenvalue weighted by atomic mass is 35.5. The van der Waals surface area contributed by atoms with Gasteiger partial charge in [0.05, 0.1) is 5.02 Å². The number of benzene rings is 2. The van der Waals surface area contributed by atoms with Crippen LogP contribution >= 0.6 is 11.6 Å². The summed E-state index contributed by atoms with van der Waals surface area (Å²) in [7, 11) is 0. The smallest absolute Gasteiger partial charge is 0.224 e. The molecular weight excluding hydrogens is 340 g/mol. The first-order chi connectivity index (χ1) is 12.2. The van der Waals surface area contributed by atoms with Crippen LogP contribution in [0.3, 0.4) is 0 Å². The van der Waals surface area contributed by atoms with Crippen LogP contribution in [0, 0.1) is 0 Å². The summed E-state index contributed by atoms with van der Waals surface area (Å²) in [5.74, 6) is 1.20. The van der Waals surface area contributed by atoms with Crippen LogP contribution in [0.2, 0.25) is 5.02 Å². The SMILES string of the molecule is O=C(CCCn1cncn1)Nc1ccc(Oc2ccccc2Cl)cc1. The predicted molar refractivity (Wildman–Crippen MR) is 95.9 cm³/mol. The number of halogens is 1. The molecule has 25 heavy (non-hydrogen) atoms. The van der Waals surface area contributed by atoms with Crippen molar-refractivity contribution < 1.29 is 9.53 Å². The lowest BCUT2D eigenvalue weighted by Gasteiger charge is -2.09. The molecule has 7 heteroatoms. The second-order valence-corrected chi connectivity index (χ2v) is 5.77. The van der Waals surface area contributed by atoms with Crippen molar-refractivity contribution in [1.82, 2.24) is 14.8 Å². The standard InChI is InChI=1S/C18H17ClN4O2/c19-16-4-1-2-5-17(16)25-15-9-7-14(8-10-15)22-18(24)6-3-11-23-13-20-12-21-23/h1-2,4-5,7-10,12-13H,3,6,11H2,(H,22,24). The lowest BCUT2D eigenvalue weighted by molar-refractivity contribution is -0.116.